The molecule has 13 rings (SSSR count). The molecule has 3 nitrogen and oxygen atoms in total. The highest BCUT2D eigenvalue weighted by Gasteiger charge is 2.46. The van der Waals surface area contributed by atoms with Crippen molar-refractivity contribution in [2.75, 3.05) is 0 Å². The number of benzene rings is 10. The van der Waals surface area contributed by atoms with Gasteiger partial charge in [0.15, 0.2) is 5.82 Å². The van der Waals surface area contributed by atoms with Crippen molar-refractivity contribution < 1.29 is 4.42 Å². The normalized spacial score (nSPS) is 12.5. The second-order valence-electron chi connectivity index (χ2n) is 17.7. The van der Waals surface area contributed by atoms with Crippen LogP contribution in [0.3, 0.4) is 0 Å². The first-order valence-corrected chi connectivity index (χ1v) is 23.2. The molecule has 0 fully saturated rings. The molecule has 2 heterocycles. The Morgan fingerprint density at radius 3 is 1.34 bits per heavy atom. The van der Waals surface area contributed by atoms with E-state index in [1.807, 2.05) is 30.3 Å². The monoisotopic (exact) mass is 866 g/mol. The van der Waals surface area contributed by atoms with Gasteiger partial charge in [0.2, 0.25) is 0 Å². The van der Waals surface area contributed by atoms with Gasteiger partial charge in [0.1, 0.15) is 11.2 Å². The maximum absolute atomic E-state index is 6.20. The van der Waals surface area contributed by atoms with E-state index in [1.54, 1.807) is 0 Å². The van der Waals surface area contributed by atoms with Crippen molar-refractivity contribution in [3.05, 3.63) is 277 Å². The topological polar surface area (TPSA) is 38.9 Å². The third-order valence-corrected chi connectivity index (χ3v) is 13.8. The standard InChI is InChI=1S/C65H42N2O/c1-5-16-43(17-6-1)44-28-30-45(31-29-44)48-32-35-54-55-36-33-49(41-59(55)65(58(54)40-48,52-22-9-3-10-23-52)53-24-11-4-12-25-53)47-20-15-21-50(38-47)60-42-61(67-64(66-60)46-18-7-2-8-19-46)51-34-37-63-57(39-51)56-26-13-14-27-62(56)68-63/h1-42H. The summed E-state index contributed by atoms with van der Waals surface area (Å²) in [6.07, 6.45) is 0. The minimum absolute atomic E-state index is 0.575. The van der Waals surface area contributed by atoms with Gasteiger partial charge in [0.25, 0.3) is 0 Å². The maximum Gasteiger partial charge on any atom is 0.160 e. The first kappa shape index (κ1) is 39.4. The summed E-state index contributed by atoms with van der Waals surface area (Å²) in [6, 6.07) is 91.5. The van der Waals surface area contributed by atoms with Gasteiger partial charge in [0.05, 0.1) is 16.8 Å². The molecule has 0 spiro atoms. The molecule has 0 saturated carbocycles. The van der Waals surface area contributed by atoms with Crippen molar-refractivity contribution in [1.29, 1.82) is 0 Å². The molecule has 318 valence electrons. The Hall–Kier alpha value is -8.92. The Morgan fingerprint density at radius 1 is 0.279 bits per heavy atom. The van der Waals surface area contributed by atoms with Gasteiger partial charge in [0, 0.05) is 27.5 Å². The molecule has 2 aromatic heterocycles. The van der Waals surface area contributed by atoms with Crippen LogP contribution in [0.2, 0.25) is 0 Å². The molecule has 0 atom stereocenters. The molecule has 0 saturated heterocycles. The molecule has 0 amide bonds. The van der Waals surface area contributed by atoms with Crippen molar-refractivity contribution >= 4 is 21.9 Å². The van der Waals surface area contributed by atoms with Crippen molar-refractivity contribution in [3.63, 3.8) is 0 Å². The third-order valence-electron chi connectivity index (χ3n) is 13.8. The molecule has 68 heavy (non-hydrogen) atoms. The van der Waals surface area contributed by atoms with E-state index in [0.29, 0.717) is 5.82 Å². The molecule has 10 aromatic carbocycles. The second kappa shape index (κ2) is 16.2. The number of nitrogens with zero attached hydrogens (tertiary/aromatic N) is 2. The lowest BCUT2D eigenvalue weighted by Gasteiger charge is -2.34. The lowest BCUT2D eigenvalue weighted by Crippen LogP contribution is -2.28. The SMILES string of the molecule is c1ccc(-c2ccc(-c3ccc4c(c3)C(c3ccccc3)(c3ccccc3)c3cc(-c5cccc(-c6cc(-c7ccc8oc9ccccc9c8c7)nc(-c7ccccc7)n6)c5)ccc3-4)cc2)cc1. The fourth-order valence-electron chi connectivity index (χ4n) is 10.5. The molecule has 1 aliphatic carbocycles. The number of hydrogen-bond acceptors (Lipinski definition) is 3. The van der Waals surface area contributed by atoms with Crippen LogP contribution in [0.4, 0.5) is 0 Å². The molecule has 0 bridgehead atoms. The van der Waals surface area contributed by atoms with Crippen LogP contribution in [0.15, 0.2) is 259 Å². The summed E-state index contributed by atoms with van der Waals surface area (Å²) >= 11 is 0. The molecule has 0 radical (unpaired) electrons. The van der Waals surface area contributed by atoms with E-state index < -0.39 is 5.41 Å². The van der Waals surface area contributed by atoms with E-state index in [-0.39, 0.29) is 0 Å². The first-order chi connectivity index (χ1) is 33.7. The number of fused-ring (bicyclic) bond motifs is 6. The highest BCUT2D eigenvalue weighted by atomic mass is 16.3. The Labute approximate surface area is 395 Å². The molecule has 0 unspecified atom stereocenters. The Kier molecular flexibility index (Phi) is 9.40. The van der Waals surface area contributed by atoms with Gasteiger partial charge in [-0.25, -0.2) is 9.97 Å². The maximum atomic E-state index is 6.20. The first-order valence-electron chi connectivity index (χ1n) is 23.2. The Morgan fingerprint density at radius 2 is 0.706 bits per heavy atom. The number of hydrogen-bond donors (Lipinski definition) is 0. The summed E-state index contributed by atoms with van der Waals surface area (Å²) in [7, 11) is 0. The summed E-state index contributed by atoms with van der Waals surface area (Å²) in [4.78, 5) is 10.4. The number of rotatable bonds is 8. The minimum atomic E-state index is -0.575. The molecular formula is C65H42N2O. The summed E-state index contributed by atoms with van der Waals surface area (Å²) < 4.78 is 6.20. The molecular weight excluding hydrogens is 825 g/mol. The molecule has 0 aliphatic heterocycles. The summed E-state index contributed by atoms with van der Waals surface area (Å²) in [6.45, 7) is 0. The van der Waals surface area contributed by atoms with E-state index in [4.69, 9.17) is 14.4 Å². The minimum Gasteiger partial charge on any atom is -0.456 e. The van der Waals surface area contributed by atoms with Crippen LogP contribution in [0.5, 0.6) is 0 Å². The predicted octanol–water partition coefficient (Wildman–Crippen LogP) is 16.7. The van der Waals surface area contributed by atoms with Crippen molar-refractivity contribution in [2.45, 2.75) is 5.41 Å². The van der Waals surface area contributed by atoms with Crippen LogP contribution in [0.1, 0.15) is 22.3 Å². The Balaban J connectivity index is 0.951. The third kappa shape index (κ3) is 6.59. The number of aromatic nitrogens is 2. The molecule has 12 aromatic rings. The van der Waals surface area contributed by atoms with Gasteiger partial charge in [-0.3, -0.25) is 0 Å². The van der Waals surface area contributed by atoms with Crippen molar-refractivity contribution in [2.24, 2.45) is 0 Å². The number of furan rings is 1. The zero-order valence-electron chi connectivity index (χ0n) is 37.1. The van der Waals surface area contributed by atoms with Gasteiger partial charge < -0.3 is 4.42 Å². The van der Waals surface area contributed by atoms with Gasteiger partial charge in [-0.05, 0) is 115 Å². The summed E-state index contributed by atoms with van der Waals surface area (Å²) in [5.41, 5.74) is 20.4. The van der Waals surface area contributed by atoms with E-state index >= 15 is 0 Å². The van der Waals surface area contributed by atoms with E-state index in [9.17, 15) is 0 Å². The van der Waals surface area contributed by atoms with Crippen LogP contribution in [-0.4, -0.2) is 9.97 Å². The average Bonchev–Trinajstić information content (AvgIpc) is 3.94. The van der Waals surface area contributed by atoms with Gasteiger partial charge in [-0.2, -0.15) is 0 Å². The Bertz CT molecular complexity index is 3780. The quantitative estimate of drug-likeness (QED) is 0.153. The van der Waals surface area contributed by atoms with Gasteiger partial charge in [-0.15, -0.1) is 0 Å². The summed E-state index contributed by atoms with van der Waals surface area (Å²) in [5.74, 6) is 0.679. The molecule has 0 N–H and O–H groups in total. The van der Waals surface area contributed by atoms with E-state index in [1.165, 1.54) is 55.6 Å². The lowest BCUT2D eigenvalue weighted by atomic mass is 9.67. The zero-order chi connectivity index (χ0) is 45.0. The smallest absolute Gasteiger partial charge is 0.160 e. The average molecular weight is 867 g/mol. The number of para-hydroxylation sites is 1. The van der Waals surface area contributed by atoms with E-state index in [0.717, 1.165) is 61.1 Å². The van der Waals surface area contributed by atoms with Crippen LogP contribution in [0.25, 0.3) is 100 Å². The molecule has 1 aliphatic rings. The van der Waals surface area contributed by atoms with Crippen molar-refractivity contribution in [1.82, 2.24) is 9.97 Å². The van der Waals surface area contributed by atoms with Gasteiger partial charge in [-0.1, -0.05) is 206 Å². The fraction of sp³-hybridized carbons (Fsp3) is 0.0154. The zero-order valence-corrected chi connectivity index (χ0v) is 37.1. The van der Waals surface area contributed by atoms with Crippen LogP contribution in [0, 0.1) is 0 Å². The second-order valence-corrected chi connectivity index (χ2v) is 17.7. The lowest BCUT2D eigenvalue weighted by molar-refractivity contribution is 0.669. The molecule has 3 heteroatoms. The fourth-order valence-corrected chi connectivity index (χ4v) is 10.5. The van der Waals surface area contributed by atoms with Crippen LogP contribution >= 0.6 is 0 Å². The predicted molar refractivity (Wildman–Crippen MR) is 279 cm³/mol. The highest BCUT2D eigenvalue weighted by Crippen LogP contribution is 2.57. The highest BCUT2D eigenvalue weighted by molar-refractivity contribution is 6.06. The summed E-state index contributed by atoms with van der Waals surface area (Å²) in [5, 5.41) is 2.15. The largest absolute Gasteiger partial charge is 0.456 e. The van der Waals surface area contributed by atoms with E-state index in [2.05, 4.69) is 224 Å². The van der Waals surface area contributed by atoms with Crippen LogP contribution in [-0.2, 0) is 5.41 Å². The van der Waals surface area contributed by atoms with Crippen LogP contribution < -0.4 is 0 Å². The van der Waals surface area contributed by atoms with Gasteiger partial charge >= 0.3 is 0 Å². The van der Waals surface area contributed by atoms with Crippen molar-refractivity contribution in [3.8, 4) is 78.4 Å².